The molecule has 136 valence electrons. The second-order valence-corrected chi connectivity index (χ2v) is 7.35. The number of ether oxygens (including phenoxy) is 2. The number of hydrogen-bond donors (Lipinski definition) is 0. The van der Waals surface area contributed by atoms with Crippen molar-refractivity contribution in [1.82, 2.24) is 4.90 Å². The maximum Gasteiger partial charge on any atom is 0.313 e. The number of hydrogen-bond acceptors (Lipinski definition) is 4. The molecule has 0 spiro atoms. The van der Waals surface area contributed by atoms with E-state index in [1.165, 1.54) is 0 Å². The number of carbonyl (C=O) groups excluding carboxylic acids is 2. The molecule has 3 rings (SSSR count). The van der Waals surface area contributed by atoms with E-state index < -0.39 is 0 Å². The van der Waals surface area contributed by atoms with Gasteiger partial charge in [0.05, 0.1) is 5.92 Å². The molecular formula is C20H27NO4. The highest BCUT2D eigenvalue weighted by Crippen LogP contribution is 2.28. The molecule has 0 bridgehead atoms. The van der Waals surface area contributed by atoms with Crippen molar-refractivity contribution >= 4 is 11.9 Å². The molecular weight excluding hydrogens is 318 g/mol. The molecule has 5 heteroatoms. The van der Waals surface area contributed by atoms with Gasteiger partial charge >= 0.3 is 5.97 Å². The van der Waals surface area contributed by atoms with Gasteiger partial charge in [0.1, 0.15) is 12.4 Å². The van der Waals surface area contributed by atoms with Crippen molar-refractivity contribution in [1.29, 1.82) is 0 Å². The first-order valence-electron chi connectivity index (χ1n) is 9.17. The smallest absolute Gasteiger partial charge is 0.313 e. The molecule has 1 fully saturated rings. The first-order valence-corrected chi connectivity index (χ1v) is 9.17. The van der Waals surface area contributed by atoms with Gasteiger partial charge in [0.2, 0.25) is 0 Å². The number of likely N-dealkylation sites (N-methyl/N-ethyl adjacent to an activating group) is 1. The third-order valence-corrected chi connectivity index (χ3v) is 5.48. The number of amides is 1. The zero-order valence-corrected chi connectivity index (χ0v) is 15.1. The SMILES string of the molecule is CC1CCC(N(C)C(=O)COC(=O)C2COc3ccccc3C2)CC1. The van der Waals surface area contributed by atoms with Gasteiger partial charge in [0.25, 0.3) is 5.91 Å². The van der Waals surface area contributed by atoms with Crippen LogP contribution in [0.3, 0.4) is 0 Å². The highest BCUT2D eigenvalue weighted by molar-refractivity contribution is 5.81. The lowest BCUT2D eigenvalue weighted by atomic mass is 9.87. The highest BCUT2D eigenvalue weighted by atomic mass is 16.5. The van der Waals surface area contributed by atoms with E-state index in [1.807, 2.05) is 31.3 Å². The Morgan fingerprint density at radius 2 is 1.92 bits per heavy atom. The lowest BCUT2D eigenvalue weighted by Crippen LogP contribution is -2.42. The summed E-state index contributed by atoms with van der Waals surface area (Å²) in [5.74, 6) is 0.753. The highest BCUT2D eigenvalue weighted by Gasteiger charge is 2.29. The number of fused-ring (bicyclic) bond motifs is 1. The molecule has 0 saturated heterocycles. The van der Waals surface area contributed by atoms with E-state index in [9.17, 15) is 9.59 Å². The average molecular weight is 345 g/mol. The molecule has 1 aromatic carbocycles. The monoisotopic (exact) mass is 345 g/mol. The van der Waals surface area contributed by atoms with Crippen LogP contribution in [0.1, 0.15) is 38.2 Å². The van der Waals surface area contributed by atoms with Gasteiger partial charge in [-0.05, 0) is 49.7 Å². The van der Waals surface area contributed by atoms with Gasteiger partial charge in [-0.25, -0.2) is 0 Å². The minimum Gasteiger partial charge on any atom is -0.492 e. The van der Waals surface area contributed by atoms with E-state index in [-0.39, 0.29) is 30.4 Å². The molecule has 1 unspecified atom stereocenters. The number of para-hydroxylation sites is 1. The minimum absolute atomic E-state index is 0.120. The van der Waals surface area contributed by atoms with Gasteiger partial charge in [-0.15, -0.1) is 0 Å². The maximum absolute atomic E-state index is 12.3. The number of nitrogens with zero attached hydrogens (tertiary/aromatic N) is 1. The summed E-state index contributed by atoms with van der Waals surface area (Å²) < 4.78 is 10.9. The number of rotatable bonds is 4. The predicted octanol–water partition coefficient (Wildman–Crippen LogP) is 2.82. The summed E-state index contributed by atoms with van der Waals surface area (Å²) in [4.78, 5) is 26.4. The average Bonchev–Trinajstić information content (AvgIpc) is 2.65. The molecule has 0 radical (unpaired) electrons. The van der Waals surface area contributed by atoms with Crippen LogP contribution in [0.15, 0.2) is 24.3 Å². The third kappa shape index (κ3) is 4.33. The first-order chi connectivity index (χ1) is 12.0. The molecule has 1 aliphatic carbocycles. The molecule has 25 heavy (non-hydrogen) atoms. The van der Waals surface area contributed by atoms with Gasteiger partial charge in [-0.1, -0.05) is 25.1 Å². The number of esters is 1. The fourth-order valence-electron chi connectivity index (χ4n) is 3.67. The van der Waals surface area contributed by atoms with Crippen molar-refractivity contribution < 1.29 is 19.1 Å². The van der Waals surface area contributed by atoms with Crippen molar-refractivity contribution in [3.63, 3.8) is 0 Å². The Kier molecular flexibility index (Phi) is 5.61. The van der Waals surface area contributed by atoms with Crippen LogP contribution in [0, 0.1) is 11.8 Å². The molecule has 1 amide bonds. The summed E-state index contributed by atoms with van der Waals surface area (Å²) in [5, 5.41) is 0. The van der Waals surface area contributed by atoms with E-state index in [0.29, 0.717) is 13.0 Å². The van der Waals surface area contributed by atoms with Crippen LogP contribution in [0.4, 0.5) is 0 Å². The van der Waals surface area contributed by atoms with Crippen LogP contribution in [0.2, 0.25) is 0 Å². The zero-order valence-electron chi connectivity index (χ0n) is 15.1. The Bertz CT molecular complexity index is 622. The second kappa shape index (κ2) is 7.89. The lowest BCUT2D eigenvalue weighted by molar-refractivity contribution is -0.157. The summed E-state index contributed by atoms with van der Waals surface area (Å²) in [7, 11) is 1.82. The minimum atomic E-state index is -0.353. The summed E-state index contributed by atoms with van der Waals surface area (Å²) >= 11 is 0. The molecule has 1 heterocycles. The van der Waals surface area contributed by atoms with Crippen LogP contribution in [-0.4, -0.2) is 43.1 Å². The van der Waals surface area contributed by atoms with Gasteiger partial charge in [-0.3, -0.25) is 9.59 Å². The predicted molar refractivity (Wildman–Crippen MR) is 94.3 cm³/mol. The molecule has 1 saturated carbocycles. The van der Waals surface area contributed by atoms with Crippen LogP contribution in [-0.2, 0) is 20.7 Å². The van der Waals surface area contributed by atoms with Crippen LogP contribution < -0.4 is 4.74 Å². The Hall–Kier alpha value is -2.04. The van der Waals surface area contributed by atoms with Crippen LogP contribution in [0.25, 0.3) is 0 Å². The van der Waals surface area contributed by atoms with E-state index in [4.69, 9.17) is 9.47 Å². The largest absolute Gasteiger partial charge is 0.492 e. The Morgan fingerprint density at radius 1 is 1.20 bits per heavy atom. The van der Waals surface area contributed by atoms with Crippen LogP contribution in [0.5, 0.6) is 5.75 Å². The molecule has 2 aliphatic rings. The summed E-state index contributed by atoms with van der Waals surface area (Å²) in [5.41, 5.74) is 1.01. The molecule has 1 aliphatic heterocycles. The van der Waals surface area contributed by atoms with E-state index in [0.717, 1.165) is 42.9 Å². The normalized spacial score (nSPS) is 25.4. The van der Waals surface area contributed by atoms with Gasteiger partial charge in [-0.2, -0.15) is 0 Å². The van der Waals surface area contributed by atoms with Gasteiger partial charge in [0.15, 0.2) is 6.61 Å². The molecule has 1 aromatic rings. The van der Waals surface area contributed by atoms with E-state index in [1.54, 1.807) is 4.90 Å². The summed E-state index contributed by atoms with van der Waals surface area (Å²) in [6, 6.07) is 7.97. The number of benzene rings is 1. The summed E-state index contributed by atoms with van der Waals surface area (Å²) in [6.45, 7) is 2.38. The Morgan fingerprint density at radius 3 is 2.68 bits per heavy atom. The lowest BCUT2D eigenvalue weighted by Gasteiger charge is -2.33. The second-order valence-electron chi connectivity index (χ2n) is 7.35. The Balaban J connectivity index is 1.46. The fraction of sp³-hybridized carbons (Fsp3) is 0.600. The first kappa shape index (κ1) is 17.8. The van der Waals surface area contributed by atoms with Crippen molar-refractivity contribution in [3.05, 3.63) is 29.8 Å². The van der Waals surface area contributed by atoms with Crippen LogP contribution >= 0.6 is 0 Å². The maximum atomic E-state index is 12.3. The van der Waals surface area contributed by atoms with Gasteiger partial charge < -0.3 is 14.4 Å². The third-order valence-electron chi connectivity index (χ3n) is 5.48. The van der Waals surface area contributed by atoms with Crippen molar-refractivity contribution in [2.24, 2.45) is 11.8 Å². The van der Waals surface area contributed by atoms with E-state index in [2.05, 4.69) is 6.92 Å². The van der Waals surface area contributed by atoms with Gasteiger partial charge in [0, 0.05) is 13.1 Å². The van der Waals surface area contributed by atoms with E-state index >= 15 is 0 Å². The zero-order chi connectivity index (χ0) is 17.8. The standard InChI is InChI=1S/C20H27NO4/c1-14-7-9-17(10-8-14)21(2)19(22)13-25-20(23)16-11-15-5-3-4-6-18(15)24-12-16/h3-6,14,16-17H,7-13H2,1-2H3. The van der Waals surface area contributed by atoms with Crippen molar-refractivity contribution in [2.45, 2.75) is 45.1 Å². The fourth-order valence-corrected chi connectivity index (χ4v) is 3.67. The Labute approximate surface area is 149 Å². The molecule has 0 aromatic heterocycles. The molecule has 0 N–H and O–H groups in total. The topological polar surface area (TPSA) is 55.8 Å². The quantitative estimate of drug-likeness (QED) is 0.788. The molecule has 1 atom stereocenters. The summed E-state index contributed by atoms with van der Waals surface area (Å²) in [6.07, 6.45) is 4.97. The van der Waals surface area contributed by atoms with Crippen molar-refractivity contribution in [3.8, 4) is 5.75 Å². The van der Waals surface area contributed by atoms with Crippen molar-refractivity contribution in [2.75, 3.05) is 20.3 Å². The molecule has 5 nitrogen and oxygen atoms in total. The number of carbonyl (C=O) groups is 2.